The molecule has 0 radical (unpaired) electrons. The van der Waals surface area contributed by atoms with Gasteiger partial charge >= 0.3 is 5.97 Å². The molecular formula is C14H23NO4. The molecular weight excluding hydrogens is 246 g/mol. The van der Waals surface area contributed by atoms with Gasteiger partial charge in [0.25, 0.3) is 0 Å². The lowest BCUT2D eigenvalue weighted by Crippen LogP contribution is -2.42. The topological polar surface area (TPSA) is 77.8 Å². The van der Waals surface area contributed by atoms with E-state index in [9.17, 15) is 14.7 Å². The second-order valence-electron chi connectivity index (χ2n) is 6.07. The number of carboxylic acids is 1. The fourth-order valence-corrected chi connectivity index (χ4v) is 3.41. The number of rotatable bonds is 4. The molecule has 0 unspecified atom stereocenters. The van der Waals surface area contributed by atoms with Crippen LogP contribution in [0.4, 0.5) is 0 Å². The zero-order valence-electron chi connectivity index (χ0n) is 11.3. The van der Waals surface area contributed by atoms with Crippen molar-refractivity contribution in [3.05, 3.63) is 0 Å². The smallest absolute Gasteiger partial charge is 0.303 e. The van der Waals surface area contributed by atoms with Crippen molar-refractivity contribution in [1.29, 1.82) is 0 Å². The van der Waals surface area contributed by atoms with Gasteiger partial charge in [-0.25, -0.2) is 0 Å². The molecule has 2 aliphatic rings. The highest BCUT2D eigenvalue weighted by Gasteiger charge is 2.39. The van der Waals surface area contributed by atoms with Crippen molar-refractivity contribution in [3.8, 4) is 0 Å². The van der Waals surface area contributed by atoms with Crippen molar-refractivity contribution in [2.75, 3.05) is 13.1 Å². The molecule has 0 aromatic carbocycles. The van der Waals surface area contributed by atoms with Gasteiger partial charge < -0.3 is 15.1 Å². The van der Waals surface area contributed by atoms with Crippen molar-refractivity contribution in [1.82, 2.24) is 4.90 Å². The maximum atomic E-state index is 12.3. The number of amides is 1. The maximum absolute atomic E-state index is 12.3. The van der Waals surface area contributed by atoms with E-state index in [-0.39, 0.29) is 23.8 Å². The molecule has 1 aliphatic carbocycles. The molecule has 1 saturated heterocycles. The number of carbonyl (C=O) groups is 2. The molecule has 0 aromatic rings. The molecule has 5 heteroatoms. The highest BCUT2D eigenvalue weighted by molar-refractivity contribution is 5.78. The molecule has 2 fully saturated rings. The lowest BCUT2D eigenvalue weighted by molar-refractivity contribution is -0.142. The number of piperidine rings is 1. The van der Waals surface area contributed by atoms with Gasteiger partial charge in [0.15, 0.2) is 0 Å². The SMILES string of the molecule is O=C(O)CC1(CC(=O)N2CCC(O)CC2)CCCC1. The minimum atomic E-state index is -0.802. The zero-order valence-corrected chi connectivity index (χ0v) is 11.3. The summed E-state index contributed by atoms with van der Waals surface area (Å²) in [5.41, 5.74) is -0.320. The Morgan fingerprint density at radius 3 is 2.21 bits per heavy atom. The molecule has 0 spiro atoms. The molecule has 2 rings (SSSR count). The zero-order chi connectivity index (χ0) is 13.9. The lowest BCUT2D eigenvalue weighted by Gasteiger charge is -2.33. The summed E-state index contributed by atoms with van der Waals surface area (Å²) in [6.45, 7) is 1.20. The first kappa shape index (κ1) is 14.3. The van der Waals surface area contributed by atoms with Crippen LogP contribution < -0.4 is 0 Å². The molecule has 2 N–H and O–H groups in total. The fraction of sp³-hybridized carbons (Fsp3) is 0.857. The quantitative estimate of drug-likeness (QED) is 0.808. The minimum absolute atomic E-state index is 0.0649. The first-order valence-electron chi connectivity index (χ1n) is 7.18. The summed E-state index contributed by atoms with van der Waals surface area (Å²) in [6, 6.07) is 0. The third-order valence-electron chi connectivity index (χ3n) is 4.53. The van der Waals surface area contributed by atoms with E-state index in [2.05, 4.69) is 0 Å². The predicted octanol–water partition coefficient (Wildman–Crippen LogP) is 1.39. The number of carbonyl (C=O) groups excluding carboxylic acids is 1. The van der Waals surface area contributed by atoms with Crippen molar-refractivity contribution in [2.24, 2.45) is 5.41 Å². The van der Waals surface area contributed by atoms with Gasteiger partial charge in [0.1, 0.15) is 0 Å². The Hall–Kier alpha value is -1.10. The predicted molar refractivity (Wildman–Crippen MR) is 69.6 cm³/mol. The number of likely N-dealkylation sites (tertiary alicyclic amines) is 1. The summed E-state index contributed by atoms with van der Waals surface area (Å²) in [5, 5.41) is 18.5. The van der Waals surface area contributed by atoms with Crippen LogP contribution in [0.1, 0.15) is 51.4 Å². The van der Waals surface area contributed by atoms with Gasteiger partial charge in [-0.1, -0.05) is 12.8 Å². The Morgan fingerprint density at radius 1 is 1.11 bits per heavy atom. The van der Waals surface area contributed by atoms with Crippen molar-refractivity contribution in [3.63, 3.8) is 0 Å². The van der Waals surface area contributed by atoms with Gasteiger partial charge in [0.05, 0.1) is 12.5 Å². The lowest BCUT2D eigenvalue weighted by atomic mass is 9.79. The van der Waals surface area contributed by atoms with Gasteiger partial charge in [-0.15, -0.1) is 0 Å². The summed E-state index contributed by atoms with van der Waals surface area (Å²) in [6.07, 6.45) is 5.20. The molecule has 0 atom stereocenters. The minimum Gasteiger partial charge on any atom is -0.481 e. The average Bonchev–Trinajstić information content (AvgIpc) is 2.77. The van der Waals surface area contributed by atoms with E-state index in [1.54, 1.807) is 4.90 Å². The average molecular weight is 269 g/mol. The molecule has 1 heterocycles. The fourth-order valence-electron chi connectivity index (χ4n) is 3.41. The van der Waals surface area contributed by atoms with Gasteiger partial charge in [0.2, 0.25) is 5.91 Å². The number of hydrogen-bond acceptors (Lipinski definition) is 3. The van der Waals surface area contributed by atoms with E-state index < -0.39 is 5.97 Å². The second-order valence-corrected chi connectivity index (χ2v) is 6.07. The van der Waals surface area contributed by atoms with Gasteiger partial charge in [-0.05, 0) is 31.1 Å². The van der Waals surface area contributed by atoms with E-state index in [4.69, 9.17) is 5.11 Å². The monoisotopic (exact) mass is 269 g/mol. The summed E-state index contributed by atoms with van der Waals surface area (Å²) >= 11 is 0. The third kappa shape index (κ3) is 3.69. The molecule has 5 nitrogen and oxygen atoms in total. The molecule has 1 saturated carbocycles. The van der Waals surface area contributed by atoms with Crippen LogP contribution in [0.3, 0.4) is 0 Å². The van der Waals surface area contributed by atoms with Gasteiger partial charge in [-0.2, -0.15) is 0 Å². The molecule has 0 aromatic heterocycles. The Morgan fingerprint density at radius 2 is 1.68 bits per heavy atom. The van der Waals surface area contributed by atoms with Crippen molar-refractivity contribution >= 4 is 11.9 Å². The first-order chi connectivity index (χ1) is 9.01. The summed E-state index contributed by atoms with van der Waals surface area (Å²) in [5.74, 6) is -0.737. The normalized spacial score (nSPS) is 23.5. The maximum Gasteiger partial charge on any atom is 0.303 e. The summed E-state index contributed by atoms with van der Waals surface area (Å²) < 4.78 is 0. The highest BCUT2D eigenvalue weighted by atomic mass is 16.4. The van der Waals surface area contributed by atoms with E-state index in [1.165, 1.54) is 0 Å². The standard InChI is InChI=1S/C14H23NO4/c16-11-3-7-15(8-4-11)12(17)9-14(10-13(18)19)5-1-2-6-14/h11,16H,1-10H2,(H,18,19). The van der Waals surface area contributed by atoms with E-state index >= 15 is 0 Å². The van der Waals surface area contributed by atoms with Crippen molar-refractivity contribution in [2.45, 2.75) is 57.5 Å². The third-order valence-corrected chi connectivity index (χ3v) is 4.53. The second kappa shape index (κ2) is 5.90. The van der Waals surface area contributed by atoms with Crippen LogP contribution in [0.2, 0.25) is 0 Å². The van der Waals surface area contributed by atoms with Gasteiger partial charge in [0, 0.05) is 19.5 Å². The number of nitrogens with zero attached hydrogens (tertiary/aromatic N) is 1. The van der Waals surface area contributed by atoms with Crippen molar-refractivity contribution < 1.29 is 19.8 Å². The van der Waals surface area contributed by atoms with Crippen LogP contribution in [0.25, 0.3) is 0 Å². The van der Waals surface area contributed by atoms with Crippen LogP contribution in [0, 0.1) is 5.41 Å². The molecule has 1 aliphatic heterocycles. The number of carboxylic acid groups (broad SMARTS) is 1. The number of hydrogen-bond donors (Lipinski definition) is 2. The summed E-state index contributed by atoms with van der Waals surface area (Å²) in [4.78, 5) is 25.1. The Kier molecular flexibility index (Phi) is 4.45. The molecule has 1 amide bonds. The van der Waals surface area contributed by atoms with Crippen LogP contribution >= 0.6 is 0 Å². The highest BCUT2D eigenvalue weighted by Crippen LogP contribution is 2.44. The molecule has 108 valence electrons. The number of aliphatic carboxylic acids is 1. The first-order valence-corrected chi connectivity index (χ1v) is 7.18. The van der Waals surface area contributed by atoms with Crippen LogP contribution in [0.15, 0.2) is 0 Å². The van der Waals surface area contributed by atoms with Crippen LogP contribution in [0.5, 0.6) is 0 Å². The Balaban J connectivity index is 1.93. The Bertz CT molecular complexity index is 341. The van der Waals surface area contributed by atoms with Crippen LogP contribution in [-0.4, -0.2) is 46.2 Å². The Labute approximate surface area is 113 Å². The number of aliphatic hydroxyl groups is 1. The summed E-state index contributed by atoms with van der Waals surface area (Å²) in [7, 11) is 0. The molecule has 19 heavy (non-hydrogen) atoms. The number of aliphatic hydroxyl groups excluding tert-OH is 1. The van der Waals surface area contributed by atoms with Gasteiger partial charge in [-0.3, -0.25) is 9.59 Å². The molecule has 0 bridgehead atoms. The van der Waals surface area contributed by atoms with Crippen LogP contribution in [-0.2, 0) is 9.59 Å². The van der Waals surface area contributed by atoms with E-state index in [1.807, 2.05) is 0 Å². The van der Waals surface area contributed by atoms with E-state index in [0.29, 0.717) is 32.4 Å². The largest absolute Gasteiger partial charge is 0.481 e. The van der Waals surface area contributed by atoms with E-state index in [0.717, 1.165) is 25.7 Å².